The van der Waals surface area contributed by atoms with E-state index in [1.165, 1.54) is 36.3 Å². The van der Waals surface area contributed by atoms with Crippen LogP contribution in [0.1, 0.15) is 16.4 Å². The summed E-state index contributed by atoms with van der Waals surface area (Å²) in [5.74, 6) is -2.00. The minimum absolute atomic E-state index is 0.0958. The number of methoxy groups -OCH3 is 1. The summed E-state index contributed by atoms with van der Waals surface area (Å²) >= 11 is 2.13. The number of sulfonamides is 1. The molecule has 1 aromatic heterocycles. The number of hydrogen-bond donors (Lipinski definition) is 3. The van der Waals surface area contributed by atoms with Gasteiger partial charge in [-0.25, -0.2) is 18.5 Å². The summed E-state index contributed by atoms with van der Waals surface area (Å²) in [5, 5.41) is 7.46. The number of nitrogens with one attached hydrogen (secondary N) is 2. The van der Waals surface area contributed by atoms with Crippen molar-refractivity contribution in [1.82, 2.24) is 4.98 Å². The van der Waals surface area contributed by atoms with Gasteiger partial charge in [-0.3, -0.25) is 19.2 Å². The molecule has 0 spiro atoms. The number of benzene rings is 3. The molecule has 4 aromatic rings. The average molecular weight is 653 g/mol. The maximum Gasteiger partial charge on any atom is 0.305 e. The lowest BCUT2D eigenvalue weighted by Crippen LogP contribution is -2.32. The van der Waals surface area contributed by atoms with Crippen LogP contribution >= 0.6 is 23.1 Å². The van der Waals surface area contributed by atoms with Crippen molar-refractivity contribution in [2.75, 3.05) is 23.9 Å². The Bertz CT molecular complexity index is 1940. The highest BCUT2D eigenvalue weighted by Gasteiger charge is 2.56. The number of hydrogen-bond acceptors (Lipinski definition) is 10. The minimum atomic E-state index is -3.88. The number of aromatic nitrogens is 1. The number of anilines is 2. The zero-order valence-corrected chi connectivity index (χ0v) is 25.3. The third kappa shape index (κ3) is 5.50. The number of nitrogens with two attached hydrogens (primary N) is 1. The molecule has 0 radical (unpaired) electrons. The van der Waals surface area contributed by atoms with Crippen molar-refractivity contribution in [3.05, 3.63) is 92.9 Å². The lowest BCUT2D eigenvalue weighted by atomic mass is 9.82. The van der Waals surface area contributed by atoms with Crippen LogP contribution in [0.4, 0.5) is 11.4 Å². The Kier molecular flexibility index (Phi) is 7.79. The zero-order valence-electron chi connectivity index (χ0n) is 22.9. The molecule has 2 unspecified atom stereocenters. The predicted molar refractivity (Wildman–Crippen MR) is 164 cm³/mol. The van der Waals surface area contributed by atoms with Crippen LogP contribution in [0.3, 0.4) is 0 Å². The van der Waals surface area contributed by atoms with Gasteiger partial charge in [0.2, 0.25) is 21.8 Å². The Morgan fingerprint density at radius 1 is 1.00 bits per heavy atom. The van der Waals surface area contributed by atoms with Crippen LogP contribution in [0, 0.1) is 5.92 Å². The Labute approximate surface area is 259 Å². The largest absolute Gasteiger partial charge is 0.497 e. The third-order valence-corrected chi connectivity index (χ3v) is 10.6. The Balaban J connectivity index is 1.29. The molecule has 3 atom stereocenters. The normalized spacial score (nSPS) is 19.3. The average Bonchev–Trinajstić information content (AvgIpc) is 3.50. The van der Waals surface area contributed by atoms with Gasteiger partial charge >= 0.3 is 4.87 Å². The van der Waals surface area contributed by atoms with E-state index in [1.807, 2.05) is 0 Å². The maximum absolute atomic E-state index is 14.0. The molecule has 6 rings (SSSR count). The second-order valence-corrected chi connectivity index (χ2v) is 13.6. The van der Waals surface area contributed by atoms with Crippen molar-refractivity contribution in [3.8, 4) is 11.5 Å². The number of nitrogens with zero attached hydrogens (tertiary/aromatic N) is 1. The Morgan fingerprint density at radius 3 is 2.39 bits per heavy atom. The fraction of sp³-hybridized carbons (Fsp3) is 0.172. The lowest BCUT2D eigenvalue weighted by molar-refractivity contribution is -0.122. The van der Waals surface area contributed by atoms with Gasteiger partial charge in [-0.1, -0.05) is 41.3 Å². The summed E-state index contributed by atoms with van der Waals surface area (Å²) in [6, 6.07) is 18.8. The van der Waals surface area contributed by atoms with Gasteiger partial charge < -0.3 is 19.8 Å². The highest BCUT2D eigenvalue weighted by Crippen LogP contribution is 2.54. The smallest absolute Gasteiger partial charge is 0.305 e. The van der Waals surface area contributed by atoms with Gasteiger partial charge in [0, 0.05) is 22.0 Å². The number of fused-ring (bicyclic) bond motifs is 2. The van der Waals surface area contributed by atoms with Gasteiger partial charge in [0.15, 0.2) is 6.61 Å². The van der Waals surface area contributed by atoms with Crippen LogP contribution in [0.5, 0.6) is 11.5 Å². The van der Waals surface area contributed by atoms with Gasteiger partial charge in [-0.15, -0.1) is 0 Å². The molecule has 15 heteroatoms. The Morgan fingerprint density at radius 2 is 1.70 bits per heavy atom. The fourth-order valence-electron chi connectivity index (χ4n) is 5.28. The molecule has 0 bridgehead atoms. The second kappa shape index (κ2) is 11.6. The first-order valence-electron chi connectivity index (χ1n) is 13.1. The SMILES string of the molecule is COc1ccc(N2C(=O)C3Sc4[nH]c(=O)sc4[C@H](c4ccccc4OCC(=O)Nc4ccc(S(N)(=O)=O)cc4)C3C2=O)cc1. The van der Waals surface area contributed by atoms with E-state index < -0.39 is 51.4 Å². The van der Waals surface area contributed by atoms with E-state index in [2.05, 4.69) is 10.3 Å². The van der Waals surface area contributed by atoms with Gasteiger partial charge in [0.1, 0.15) is 16.7 Å². The summed E-state index contributed by atoms with van der Waals surface area (Å²) < 4.78 is 34.1. The molecule has 1 saturated heterocycles. The standard InChI is InChI=1S/C29H24N4O8S3/c1-40-17-10-8-16(9-11-17)33-27(35)23-22(24-26(32-29(37)43-24)42-25(23)28(33)36)19-4-2-3-5-20(19)41-14-21(34)31-15-6-12-18(13-7-15)44(30,38)39/h2-13,22-23,25H,14H2,1H3,(H,31,34)(H,32,37)(H2,30,38,39)/t22-,23?,25?/m1/s1. The van der Waals surface area contributed by atoms with Gasteiger partial charge in [0.25, 0.3) is 5.91 Å². The second-order valence-electron chi connectivity index (χ2n) is 9.90. The Hall–Kier alpha value is -4.44. The van der Waals surface area contributed by atoms with Gasteiger partial charge in [-0.05, 0) is 54.6 Å². The van der Waals surface area contributed by atoms with E-state index in [1.54, 1.807) is 48.5 Å². The molecule has 2 aliphatic heterocycles. The predicted octanol–water partition coefficient (Wildman–Crippen LogP) is 2.91. The summed E-state index contributed by atoms with van der Waals surface area (Å²) in [7, 11) is -2.36. The van der Waals surface area contributed by atoms with Crippen LogP contribution in [-0.2, 0) is 24.4 Å². The molecule has 226 valence electrons. The lowest BCUT2D eigenvalue weighted by Gasteiger charge is -2.30. The number of ether oxygens (including phenoxy) is 2. The van der Waals surface area contributed by atoms with E-state index in [9.17, 15) is 27.6 Å². The van der Waals surface area contributed by atoms with Crippen LogP contribution in [0.25, 0.3) is 0 Å². The number of primary sulfonamides is 1. The highest BCUT2D eigenvalue weighted by atomic mass is 32.2. The van der Waals surface area contributed by atoms with Crippen LogP contribution in [-0.4, -0.2) is 50.1 Å². The number of thioether (sulfide) groups is 1. The summed E-state index contributed by atoms with van der Waals surface area (Å²) in [4.78, 5) is 57.0. The van der Waals surface area contributed by atoms with E-state index in [0.29, 0.717) is 38.3 Å². The molecule has 12 nitrogen and oxygen atoms in total. The monoisotopic (exact) mass is 652 g/mol. The molecule has 2 aliphatic rings. The molecule has 3 aromatic carbocycles. The van der Waals surface area contributed by atoms with E-state index in [0.717, 1.165) is 23.1 Å². The number of aromatic amines is 1. The number of imide groups is 1. The molecular formula is C29H24N4O8S3. The first-order chi connectivity index (χ1) is 21.0. The van der Waals surface area contributed by atoms with E-state index >= 15 is 0 Å². The molecule has 0 aliphatic carbocycles. The van der Waals surface area contributed by atoms with Crippen molar-refractivity contribution < 1.29 is 32.3 Å². The number of H-pyrrole nitrogens is 1. The van der Waals surface area contributed by atoms with Crippen molar-refractivity contribution >= 4 is 62.2 Å². The first kappa shape index (κ1) is 29.6. The molecule has 0 saturated carbocycles. The van der Waals surface area contributed by atoms with Crippen LogP contribution in [0.2, 0.25) is 0 Å². The topological polar surface area (TPSA) is 178 Å². The van der Waals surface area contributed by atoms with Crippen molar-refractivity contribution in [2.24, 2.45) is 11.1 Å². The summed E-state index contributed by atoms with van der Waals surface area (Å²) in [6.45, 7) is -0.412. The summed E-state index contributed by atoms with van der Waals surface area (Å²) in [5.41, 5.74) is 1.29. The summed E-state index contributed by atoms with van der Waals surface area (Å²) in [6.07, 6.45) is 0. The zero-order chi connectivity index (χ0) is 31.2. The first-order valence-corrected chi connectivity index (χ1v) is 16.4. The quantitative estimate of drug-likeness (QED) is 0.242. The van der Waals surface area contributed by atoms with Crippen LogP contribution in [0.15, 0.2) is 87.5 Å². The van der Waals surface area contributed by atoms with Gasteiger partial charge in [0.05, 0.1) is 28.6 Å². The maximum atomic E-state index is 14.0. The van der Waals surface area contributed by atoms with Crippen LogP contribution < -0.4 is 29.7 Å². The van der Waals surface area contributed by atoms with Crippen molar-refractivity contribution in [3.63, 3.8) is 0 Å². The van der Waals surface area contributed by atoms with Crippen molar-refractivity contribution in [1.29, 1.82) is 0 Å². The third-order valence-electron chi connectivity index (χ3n) is 7.23. The number of thiazole rings is 1. The number of carbonyl (C=O) groups excluding carboxylic acids is 3. The van der Waals surface area contributed by atoms with E-state index in [4.69, 9.17) is 14.6 Å². The number of para-hydroxylation sites is 1. The molecule has 4 N–H and O–H groups in total. The number of amides is 3. The highest BCUT2D eigenvalue weighted by molar-refractivity contribution is 8.00. The van der Waals surface area contributed by atoms with Gasteiger partial charge in [-0.2, -0.15) is 0 Å². The number of carbonyl (C=O) groups is 3. The van der Waals surface area contributed by atoms with E-state index in [-0.39, 0.29) is 9.77 Å². The van der Waals surface area contributed by atoms with Crippen molar-refractivity contribution in [2.45, 2.75) is 21.1 Å². The molecule has 44 heavy (non-hydrogen) atoms. The molecule has 3 heterocycles. The molecular weight excluding hydrogens is 629 g/mol. The number of rotatable bonds is 8. The molecule has 3 amide bonds. The minimum Gasteiger partial charge on any atom is -0.497 e. The molecule has 1 fully saturated rings. The fourth-order valence-corrected chi connectivity index (χ4v) is 8.30.